The second kappa shape index (κ2) is 12.2. The molecule has 9 nitrogen and oxygen atoms in total. The number of hydrogen-bond donors (Lipinski definition) is 5. The predicted molar refractivity (Wildman–Crippen MR) is 160 cm³/mol. The van der Waals surface area contributed by atoms with E-state index in [1.54, 1.807) is 22.7 Å². The first-order chi connectivity index (χ1) is 19.7. The Morgan fingerprint density at radius 1 is 1.07 bits per heavy atom. The molecule has 218 valence electrons. The lowest BCUT2D eigenvalue weighted by Gasteiger charge is -2.39. The average molecular weight is 601 g/mol. The fraction of sp³-hybridized carbons (Fsp3) is 0.367. The van der Waals surface area contributed by atoms with Crippen molar-refractivity contribution in [3.63, 3.8) is 0 Å². The lowest BCUT2D eigenvalue weighted by atomic mass is 9.99. The Hall–Kier alpha value is -2.83. The summed E-state index contributed by atoms with van der Waals surface area (Å²) >= 11 is 6.55. The lowest BCUT2D eigenvalue weighted by molar-refractivity contribution is -0.277. The second-order valence-corrected chi connectivity index (χ2v) is 11.6. The number of fused-ring (bicyclic) bond motifs is 4. The number of anilines is 1. The highest BCUT2D eigenvalue weighted by Gasteiger charge is 2.45. The van der Waals surface area contributed by atoms with Crippen molar-refractivity contribution in [2.75, 3.05) is 23.3 Å². The number of carbonyl (C=O) groups is 1. The highest BCUT2D eigenvalue weighted by Crippen LogP contribution is 2.48. The SMILES string of the molecule is CCCl.Cc1cc2cc(C(=O)N3CSc4c3cc(OC3OC(CO)C(O)C(O)C3O)c3ccccc43)[nH]c2cc1C. The van der Waals surface area contributed by atoms with Crippen LogP contribution in [0.3, 0.4) is 0 Å². The van der Waals surface area contributed by atoms with E-state index in [1.807, 2.05) is 57.2 Å². The molecular weight excluding hydrogens is 568 g/mol. The van der Waals surface area contributed by atoms with Gasteiger partial charge in [0.05, 0.1) is 18.2 Å². The van der Waals surface area contributed by atoms with Gasteiger partial charge in [0.25, 0.3) is 5.91 Å². The van der Waals surface area contributed by atoms with E-state index in [1.165, 1.54) is 0 Å². The summed E-state index contributed by atoms with van der Waals surface area (Å²) < 4.78 is 11.6. The van der Waals surface area contributed by atoms with Crippen LogP contribution in [-0.2, 0) is 4.74 Å². The number of H-pyrrole nitrogens is 1. The minimum Gasteiger partial charge on any atom is -0.461 e. The van der Waals surface area contributed by atoms with E-state index in [0.717, 1.165) is 43.6 Å². The topological polar surface area (TPSA) is 135 Å². The van der Waals surface area contributed by atoms with Gasteiger partial charge in [-0.25, -0.2) is 0 Å². The Morgan fingerprint density at radius 2 is 1.76 bits per heavy atom. The summed E-state index contributed by atoms with van der Waals surface area (Å²) in [5, 5.41) is 43.0. The number of amides is 1. The molecule has 0 spiro atoms. The van der Waals surface area contributed by atoms with E-state index in [0.29, 0.717) is 23.0 Å². The molecule has 0 saturated carbocycles. The molecule has 6 rings (SSSR count). The van der Waals surface area contributed by atoms with Crippen LogP contribution in [0.1, 0.15) is 28.5 Å². The molecule has 1 amide bonds. The van der Waals surface area contributed by atoms with Gasteiger partial charge in [-0.2, -0.15) is 0 Å². The van der Waals surface area contributed by atoms with E-state index >= 15 is 0 Å². The Kier molecular flexibility index (Phi) is 8.81. The van der Waals surface area contributed by atoms with E-state index < -0.39 is 37.3 Å². The lowest BCUT2D eigenvalue weighted by Crippen LogP contribution is -2.60. The first kappa shape index (κ1) is 29.7. The number of thioether (sulfide) groups is 1. The molecule has 4 aromatic rings. The van der Waals surface area contributed by atoms with Crippen molar-refractivity contribution in [1.29, 1.82) is 0 Å². The summed E-state index contributed by atoms with van der Waals surface area (Å²) in [4.78, 5) is 19.5. The van der Waals surface area contributed by atoms with Crippen LogP contribution in [0.15, 0.2) is 53.4 Å². The summed E-state index contributed by atoms with van der Waals surface area (Å²) in [7, 11) is 0. The summed E-state index contributed by atoms with van der Waals surface area (Å²) in [6.45, 7) is 5.41. The maximum Gasteiger partial charge on any atom is 0.275 e. The number of hydrogen-bond acceptors (Lipinski definition) is 8. The molecular formula is C30H33ClN2O7S. The number of aromatic amines is 1. The van der Waals surface area contributed by atoms with Crippen LogP contribution in [0.2, 0.25) is 0 Å². The van der Waals surface area contributed by atoms with Crippen LogP contribution in [0.25, 0.3) is 21.7 Å². The monoisotopic (exact) mass is 600 g/mol. The van der Waals surface area contributed by atoms with Gasteiger partial charge in [-0.1, -0.05) is 31.2 Å². The van der Waals surface area contributed by atoms with Crippen LogP contribution < -0.4 is 9.64 Å². The molecule has 11 heteroatoms. The highest BCUT2D eigenvalue weighted by atomic mass is 35.5. The van der Waals surface area contributed by atoms with Crippen molar-refractivity contribution < 1.29 is 34.7 Å². The Labute approximate surface area is 246 Å². The van der Waals surface area contributed by atoms with Crippen molar-refractivity contribution in [3.05, 3.63) is 65.4 Å². The van der Waals surface area contributed by atoms with Gasteiger partial charge in [0, 0.05) is 38.5 Å². The third-order valence-corrected chi connectivity index (χ3v) is 8.47. The number of halogens is 1. The summed E-state index contributed by atoms with van der Waals surface area (Å²) in [6.07, 6.45) is -7.04. The summed E-state index contributed by atoms with van der Waals surface area (Å²) in [6, 6.07) is 15.2. The number of carbonyl (C=O) groups excluding carboxylic acids is 1. The number of nitrogens with one attached hydrogen (secondary N) is 1. The molecule has 1 fully saturated rings. The van der Waals surface area contributed by atoms with Crippen molar-refractivity contribution in [2.24, 2.45) is 0 Å². The van der Waals surface area contributed by atoms with Crippen molar-refractivity contribution in [2.45, 2.75) is 56.4 Å². The molecule has 0 radical (unpaired) electrons. The predicted octanol–water partition coefficient (Wildman–Crippen LogP) is 4.07. The molecule has 0 bridgehead atoms. The quantitative estimate of drug-likeness (QED) is 0.221. The fourth-order valence-corrected chi connectivity index (χ4v) is 6.24. The Bertz CT molecular complexity index is 1540. The van der Waals surface area contributed by atoms with Crippen molar-refractivity contribution >= 4 is 56.6 Å². The number of rotatable bonds is 4. The zero-order chi connectivity index (χ0) is 29.4. The number of alkyl halides is 1. The van der Waals surface area contributed by atoms with Crippen molar-refractivity contribution in [3.8, 4) is 5.75 Å². The molecule has 3 aromatic carbocycles. The number of aryl methyl sites for hydroxylation is 2. The maximum absolute atomic E-state index is 13.7. The molecule has 2 aliphatic rings. The molecule has 2 aliphatic heterocycles. The smallest absolute Gasteiger partial charge is 0.275 e. The van der Waals surface area contributed by atoms with E-state index in [9.17, 15) is 25.2 Å². The number of aromatic nitrogens is 1. The van der Waals surface area contributed by atoms with Crippen LogP contribution in [-0.4, -0.2) is 80.4 Å². The largest absolute Gasteiger partial charge is 0.461 e. The Morgan fingerprint density at radius 3 is 2.46 bits per heavy atom. The normalized spacial score (nSPS) is 23.8. The van der Waals surface area contributed by atoms with Crippen LogP contribution >= 0.6 is 23.4 Å². The number of aliphatic hydroxyl groups excluding tert-OH is 4. The molecule has 1 saturated heterocycles. The van der Waals surface area contributed by atoms with Crippen molar-refractivity contribution in [1.82, 2.24) is 4.98 Å². The number of nitrogens with zero attached hydrogens (tertiary/aromatic N) is 1. The second-order valence-electron chi connectivity index (χ2n) is 10.1. The molecule has 0 aliphatic carbocycles. The molecule has 5 unspecified atom stereocenters. The van der Waals surface area contributed by atoms with Gasteiger partial charge in [0.1, 0.15) is 35.9 Å². The van der Waals surface area contributed by atoms with Gasteiger partial charge < -0.3 is 34.9 Å². The van der Waals surface area contributed by atoms with Gasteiger partial charge >= 0.3 is 0 Å². The van der Waals surface area contributed by atoms with Gasteiger partial charge in [0.15, 0.2) is 0 Å². The molecule has 3 heterocycles. The highest BCUT2D eigenvalue weighted by molar-refractivity contribution is 8.00. The molecule has 41 heavy (non-hydrogen) atoms. The first-order valence-electron chi connectivity index (χ1n) is 13.3. The van der Waals surface area contributed by atoms with Gasteiger partial charge in [-0.15, -0.1) is 23.4 Å². The number of benzene rings is 3. The third kappa shape index (κ3) is 5.53. The zero-order valence-electron chi connectivity index (χ0n) is 22.9. The molecule has 1 aromatic heterocycles. The van der Waals surface area contributed by atoms with E-state index in [4.69, 9.17) is 21.1 Å². The van der Waals surface area contributed by atoms with Gasteiger partial charge in [-0.05, 0) is 43.2 Å². The Balaban J connectivity index is 0.00000108. The summed E-state index contributed by atoms with van der Waals surface area (Å²) in [5.74, 6) is 1.29. The fourth-order valence-electron chi connectivity index (χ4n) is 5.07. The van der Waals surface area contributed by atoms with Crippen LogP contribution in [0, 0.1) is 13.8 Å². The molecule has 5 atom stereocenters. The minimum absolute atomic E-state index is 0.183. The zero-order valence-corrected chi connectivity index (χ0v) is 24.4. The number of aliphatic hydroxyl groups is 4. The average Bonchev–Trinajstić information content (AvgIpc) is 3.58. The summed E-state index contributed by atoms with van der Waals surface area (Å²) in [5.41, 5.74) is 4.32. The number of ether oxygens (including phenoxy) is 2. The van der Waals surface area contributed by atoms with Gasteiger partial charge in [0.2, 0.25) is 6.29 Å². The third-order valence-electron chi connectivity index (χ3n) is 7.37. The first-order valence-corrected chi connectivity index (χ1v) is 14.8. The van der Waals surface area contributed by atoms with Crippen LogP contribution in [0.5, 0.6) is 5.75 Å². The van der Waals surface area contributed by atoms with E-state index in [-0.39, 0.29) is 5.91 Å². The van der Waals surface area contributed by atoms with Crippen LogP contribution in [0.4, 0.5) is 5.69 Å². The molecule has 5 N–H and O–H groups in total. The minimum atomic E-state index is -1.56. The van der Waals surface area contributed by atoms with Gasteiger partial charge in [-0.3, -0.25) is 9.69 Å². The maximum atomic E-state index is 13.7. The standard InChI is InChI=1S/C28H28N2O7S.C2H5Cl/c1-13-7-15-9-19(29-18(15)8-14(13)2)27(35)30-12-38-26-17-6-4-3-5-16(17)21(10-20(26)30)36-28-25(34)24(33)23(32)22(11-31)37-28;1-2-3/h3-10,22-25,28-29,31-34H,11-12H2,1-2H3;2H2,1H3. The van der Waals surface area contributed by atoms with E-state index in [2.05, 4.69) is 11.1 Å².